The molecule has 24 heavy (non-hydrogen) atoms. The van der Waals surface area contributed by atoms with Gasteiger partial charge >= 0.3 is 0 Å². The lowest BCUT2D eigenvalue weighted by Crippen LogP contribution is -2.46. The van der Waals surface area contributed by atoms with Gasteiger partial charge in [0, 0.05) is 11.1 Å². The van der Waals surface area contributed by atoms with E-state index in [-0.39, 0.29) is 30.9 Å². The molecule has 2 aromatic rings. The number of benzene rings is 2. The minimum Gasteiger partial charge on any atom is -0.323 e. The van der Waals surface area contributed by atoms with Crippen LogP contribution in [0.1, 0.15) is 18.5 Å². The minimum atomic E-state index is -0.190. The van der Waals surface area contributed by atoms with E-state index in [0.29, 0.717) is 10.7 Å². The van der Waals surface area contributed by atoms with E-state index in [9.17, 15) is 9.59 Å². The SMILES string of the molecule is C[C@H](NCC(=O)N1CC(=O)Nc2ccccc21)c1cccc(Cl)c1. The Morgan fingerprint density at radius 3 is 2.88 bits per heavy atom. The maximum Gasteiger partial charge on any atom is 0.244 e. The third-order valence-electron chi connectivity index (χ3n) is 3.98. The number of rotatable bonds is 4. The van der Waals surface area contributed by atoms with Gasteiger partial charge in [0.2, 0.25) is 11.8 Å². The summed E-state index contributed by atoms with van der Waals surface area (Å²) >= 11 is 6.00. The number of para-hydroxylation sites is 2. The van der Waals surface area contributed by atoms with Gasteiger partial charge < -0.3 is 10.6 Å². The molecule has 2 amide bonds. The van der Waals surface area contributed by atoms with E-state index in [4.69, 9.17) is 11.6 Å². The van der Waals surface area contributed by atoms with Crippen LogP contribution in [-0.4, -0.2) is 24.9 Å². The van der Waals surface area contributed by atoms with Gasteiger partial charge in [-0.25, -0.2) is 0 Å². The van der Waals surface area contributed by atoms with Gasteiger partial charge in [-0.05, 0) is 36.8 Å². The number of halogens is 1. The molecule has 3 rings (SSSR count). The summed E-state index contributed by atoms with van der Waals surface area (Å²) in [4.78, 5) is 25.9. The first-order valence-electron chi connectivity index (χ1n) is 7.72. The standard InChI is InChI=1S/C18H18ClN3O2/c1-12(13-5-4-6-14(19)9-13)20-10-18(24)22-11-17(23)21-15-7-2-3-8-16(15)22/h2-9,12,20H,10-11H2,1H3,(H,21,23)/t12-/m0/s1. The van der Waals surface area contributed by atoms with Crippen LogP contribution in [0.2, 0.25) is 5.02 Å². The third kappa shape index (κ3) is 3.58. The molecule has 0 unspecified atom stereocenters. The Labute approximate surface area is 145 Å². The van der Waals surface area contributed by atoms with Gasteiger partial charge in [-0.2, -0.15) is 0 Å². The van der Waals surface area contributed by atoms with Gasteiger partial charge in [0.15, 0.2) is 0 Å². The molecule has 1 aliphatic heterocycles. The molecule has 0 spiro atoms. The van der Waals surface area contributed by atoms with E-state index in [0.717, 1.165) is 11.3 Å². The molecule has 6 heteroatoms. The molecule has 0 radical (unpaired) electrons. The van der Waals surface area contributed by atoms with Crippen molar-refractivity contribution in [2.75, 3.05) is 23.3 Å². The van der Waals surface area contributed by atoms with Gasteiger partial charge in [-0.3, -0.25) is 14.5 Å². The van der Waals surface area contributed by atoms with Crippen molar-refractivity contribution in [2.45, 2.75) is 13.0 Å². The summed E-state index contributed by atoms with van der Waals surface area (Å²) in [6.45, 7) is 2.13. The predicted octanol–water partition coefficient (Wildman–Crippen LogP) is 2.98. The normalized spacial score (nSPS) is 14.8. The van der Waals surface area contributed by atoms with E-state index in [1.807, 2.05) is 49.4 Å². The lowest BCUT2D eigenvalue weighted by molar-refractivity contribution is -0.121. The molecular weight excluding hydrogens is 326 g/mol. The molecule has 1 heterocycles. The van der Waals surface area contributed by atoms with Crippen molar-refractivity contribution in [1.29, 1.82) is 0 Å². The average Bonchev–Trinajstić information content (AvgIpc) is 2.58. The second-order valence-electron chi connectivity index (χ2n) is 5.70. The number of hydrogen-bond acceptors (Lipinski definition) is 3. The second-order valence-corrected chi connectivity index (χ2v) is 6.14. The summed E-state index contributed by atoms with van der Waals surface area (Å²) in [5.41, 5.74) is 2.39. The highest BCUT2D eigenvalue weighted by molar-refractivity contribution is 6.30. The van der Waals surface area contributed by atoms with Crippen LogP contribution >= 0.6 is 11.6 Å². The van der Waals surface area contributed by atoms with Gasteiger partial charge in [0.25, 0.3) is 0 Å². The Kier molecular flexibility index (Phi) is 4.83. The van der Waals surface area contributed by atoms with Gasteiger partial charge in [0.1, 0.15) is 6.54 Å². The van der Waals surface area contributed by atoms with Gasteiger partial charge in [-0.15, -0.1) is 0 Å². The van der Waals surface area contributed by atoms with Crippen LogP contribution in [0.25, 0.3) is 0 Å². The lowest BCUT2D eigenvalue weighted by atomic mass is 10.1. The van der Waals surface area contributed by atoms with E-state index in [1.165, 1.54) is 4.90 Å². The zero-order valence-corrected chi connectivity index (χ0v) is 14.0. The lowest BCUT2D eigenvalue weighted by Gasteiger charge is -2.29. The van der Waals surface area contributed by atoms with Gasteiger partial charge in [-0.1, -0.05) is 35.9 Å². The Hall–Kier alpha value is -2.37. The van der Waals surface area contributed by atoms with Crippen molar-refractivity contribution in [3.05, 3.63) is 59.1 Å². The van der Waals surface area contributed by atoms with Crippen molar-refractivity contribution in [2.24, 2.45) is 0 Å². The Morgan fingerprint density at radius 2 is 2.08 bits per heavy atom. The van der Waals surface area contributed by atoms with Crippen LogP contribution in [-0.2, 0) is 9.59 Å². The van der Waals surface area contributed by atoms with Crippen molar-refractivity contribution in [3.63, 3.8) is 0 Å². The summed E-state index contributed by atoms with van der Waals surface area (Å²) in [5.74, 6) is -0.337. The molecule has 1 aliphatic rings. The molecular formula is C18H18ClN3O2. The Bertz CT molecular complexity index is 778. The van der Waals surface area contributed by atoms with E-state index in [1.54, 1.807) is 6.07 Å². The molecule has 2 N–H and O–H groups in total. The van der Waals surface area contributed by atoms with Gasteiger partial charge in [0.05, 0.1) is 17.9 Å². The molecule has 1 atom stereocenters. The molecule has 0 saturated heterocycles. The number of nitrogens with zero attached hydrogens (tertiary/aromatic N) is 1. The van der Waals surface area contributed by atoms with Crippen LogP contribution in [0.3, 0.4) is 0 Å². The zero-order valence-electron chi connectivity index (χ0n) is 13.3. The highest BCUT2D eigenvalue weighted by Gasteiger charge is 2.26. The van der Waals surface area contributed by atoms with Crippen molar-refractivity contribution >= 4 is 34.8 Å². The Balaban J connectivity index is 1.68. The smallest absolute Gasteiger partial charge is 0.244 e. The summed E-state index contributed by atoms with van der Waals surface area (Å²) in [5, 5.41) is 6.62. The number of carbonyl (C=O) groups is 2. The van der Waals surface area contributed by atoms with Crippen LogP contribution < -0.4 is 15.5 Å². The molecule has 0 aliphatic carbocycles. The highest BCUT2D eigenvalue weighted by atomic mass is 35.5. The molecule has 2 aromatic carbocycles. The maximum atomic E-state index is 12.6. The zero-order chi connectivity index (χ0) is 17.1. The van der Waals surface area contributed by atoms with E-state index >= 15 is 0 Å². The van der Waals surface area contributed by atoms with Crippen LogP contribution in [0.4, 0.5) is 11.4 Å². The van der Waals surface area contributed by atoms with Crippen LogP contribution in [0.15, 0.2) is 48.5 Å². The molecule has 0 fully saturated rings. The van der Waals surface area contributed by atoms with Crippen molar-refractivity contribution in [1.82, 2.24) is 5.32 Å². The summed E-state index contributed by atoms with van der Waals surface area (Å²) in [7, 11) is 0. The predicted molar refractivity (Wildman–Crippen MR) is 95.3 cm³/mol. The first kappa shape index (κ1) is 16.5. The number of hydrogen-bond donors (Lipinski definition) is 2. The molecule has 0 aromatic heterocycles. The van der Waals surface area contributed by atoms with E-state index in [2.05, 4.69) is 10.6 Å². The summed E-state index contributed by atoms with van der Waals surface area (Å²) in [6, 6.07) is 14.8. The number of nitrogens with one attached hydrogen (secondary N) is 2. The fourth-order valence-electron chi connectivity index (χ4n) is 2.69. The van der Waals surface area contributed by atoms with Crippen LogP contribution in [0, 0.1) is 0 Å². The average molecular weight is 344 g/mol. The Morgan fingerprint density at radius 1 is 1.29 bits per heavy atom. The third-order valence-corrected chi connectivity index (χ3v) is 4.21. The highest BCUT2D eigenvalue weighted by Crippen LogP contribution is 2.28. The number of anilines is 2. The minimum absolute atomic E-state index is 0.0264. The fraction of sp³-hybridized carbons (Fsp3) is 0.222. The molecule has 0 saturated carbocycles. The first-order chi connectivity index (χ1) is 11.5. The maximum absolute atomic E-state index is 12.6. The quantitative estimate of drug-likeness (QED) is 0.897. The molecule has 0 bridgehead atoms. The topological polar surface area (TPSA) is 61.4 Å². The summed E-state index contributed by atoms with van der Waals surface area (Å²) < 4.78 is 0. The number of carbonyl (C=O) groups excluding carboxylic acids is 2. The van der Waals surface area contributed by atoms with Crippen molar-refractivity contribution in [3.8, 4) is 0 Å². The van der Waals surface area contributed by atoms with Crippen molar-refractivity contribution < 1.29 is 9.59 Å². The first-order valence-corrected chi connectivity index (χ1v) is 8.10. The largest absolute Gasteiger partial charge is 0.323 e. The summed E-state index contributed by atoms with van der Waals surface area (Å²) in [6.07, 6.45) is 0. The second kappa shape index (κ2) is 7.03. The van der Waals surface area contributed by atoms with Crippen LogP contribution in [0.5, 0.6) is 0 Å². The fourth-order valence-corrected chi connectivity index (χ4v) is 2.88. The molecule has 124 valence electrons. The number of fused-ring (bicyclic) bond motifs is 1. The van der Waals surface area contributed by atoms with E-state index < -0.39 is 0 Å². The molecule has 5 nitrogen and oxygen atoms in total. The monoisotopic (exact) mass is 343 g/mol. The number of amides is 2.